The van der Waals surface area contributed by atoms with Gasteiger partial charge in [-0.2, -0.15) is 0 Å². The fourth-order valence-electron chi connectivity index (χ4n) is 13.8. The van der Waals surface area contributed by atoms with Gasteiger partial charge in [0.2, 0.25) is 0 Å². The largest absolute Gasteiger partial charge is 0.456 e. The molecular weight excluding hydrogens is 1170 g/mol. The van der Waals surface area contributed by atoms with Crippen molar-refractivity contribution in [3.05, 3.63) is 333 Å². The second-order valence-electron chi connectivity index (χ2n) is 24.7. The van der Waals surface area contributed by atoms with E-state index in [0.717, 1.165) is 94.8 Å². The molecule has 0 fully saturated rings. The second-order valence-corrected chi connectivity index (χ2v) is 25.8. The minimum absolute atomic E-state index is 0.669. The summed E-state index contributed by atoms with van der Waals surface area (Å²) < 4.78 is 9.20. The third-order valence-electron chi connectivity index (χ3n) is 18.9. The number of aromatic nitrogens is 3. The normalized spacial score (nSPS) is 11.6. The van der Waals surface area contributed by atoms with E-state index in [-0.39, 0.29) is 0 Å². The Labute approximate surface area is 554 Å². The highest BCUT2D eigenvalue weighted by molar-refractivity contribution is 7.25. The van der Waals surface area contributed by atoms with E-state index < -0.39 is 0 Å². The number of benzene rings is 14. The van der Waals surface area contributed by atoms with Crippen molar-refractivity contribution in [2.45, 2.75) is 6.92 Å². The molecule has 0 unspecified atom stereocenters. The van der Waals surface area contributed by atoms with Crippen LogP contribution in [-0.4, -0.2) is 15.0 Å². The molecule has 0 amide bonds. The molecule has 0 aliphatic carbocycles. The van der Waals surface area contributed by atoms with Gasteiger partial charge in [-0.15, -0.1) is 11.3 Å². The Kier molecular flexibility index (Phi) is 13.6. The first kappa shape index (κ1) is 55.7. The van der Waals surface area contributed by atoms with Crippen molar-refractivity contribution in [3.8, 4) is 123 Å². The molecule has 18 rings (SSSR count). The minimum atomic E-state index is 0.669. The van der Waals surface area contributed by atoms with Gasteiger partial charge in [0.05, 0.1) is 22.8 Å². The van der Waals surface area contributed by atoms with Crippen LogP contribution in [-0.2, 0) is 0 Å². The molecule has 0 aliphatic heterocycles. The molecule has 4 heterocycles. The lowest BCUT2D eigenvalue weighted by Gasteiger charge is -2.15. The standard InChI is InChI=1S/C90H57N3OS/c1-56-81(64-13-5-2-6-14-64)54-82(91-89(56)67-16-7-3-8-17-67)74-43-48-80-79-47-41-71(52-87(79)95-88(80)53-74)63-31-29-61(30-32-63)59-23-21-57(22-24-59)58-25-27-60(28-26-58)62-33-36-66(37-34-62)83-55-84(93-90(92-83)68-18-9-4-10-19-68)73-42-46-78-77-45-40-70(50-85(77)94-86(78)51-73)69-39-44-76-72(49-69)38-35-65-15-11-12-20-75(65)76/h2-55H,1H3. The predicted molar refractivity (Wildman–Crippen MR) is 400 cm³/mol. The van der Waals surface area contributed by atoms with Crippen LogP contribution in [0.2, 0.25) is 0 Å². The van der Waals surface area contributed by atoms with E-state index in [1.54, 1.807) is 0 Å². The molecular formula is C90H57N3OS. The van der Waals surface area contributed by atoms with Gasteiger partial charge in [-0.3, -0.25) is 0 Å². The van der Waals surface area contributed by atoms with E-state index >= 15 is 0 Å². The van der Waals surface area contributed by atoms with Crippen LogP contribution in [0.25, 0.3) is 187 Å². The number of rotatable bonds is 11. The van der Waals surface area contributed by atoms with Crippen LogP contribution in [0.4, 0.5) is 0 Å². The molecule has 95 heavy (non-hydrogen) atoms. The van der Waals surface area contributed by atoms with E-state index in [1.807, 2.05) is 29.5 Å². The van der Waals surface area contributed by atoms with Crippen molar-refractivity contribution in [2.75, 3.05) is 0 Å². The van der Waals surface area contributed by atoms with Gasteiger partial charge in [0.15, 0.2) is 5.82 Å². The molecule has 0 bridgehead atoms. The number of furan rings is 1. The van der Waals surface area contributed by atoms with Gasteiger partial charge >= 0.3 is 0 Å². The van der Waals surface area contributed by atoms with Crippen LogP contribution in [0, 0.1) is 6.92 Å². The van der Waals surface area contributed by atoms with Crippen molar-refractivity contribution >= 4 is 75.0 Å². The van der Waals surface area contributed by atoms with Gasteiger partial charge in [-0.1, -0.05) is 273 Å². The Morgan fingerprint density at radius 1 is 0.242 bits per heavy atom. The molecule has 14 aromatic carbocycles. The Bertz CT molecular complexity index is 5920. The molecule has 0 aliphatic rings. The highest BCUT2D eigenvalue weighted by Gasteiger charge is 2.19. The number of hydrogen-bond donors (Lipinski definition) is 0. The molecule has 18 aromatic rings. The summed E-state index contributed by atoms with van der Waals surface area (Å²) in [6, 6.07) is 118. The van der Waals surface area contributed by atoms with E-state index in [2.05, 4.69) is 316 Å². The van der Waals surface area contributed by atoms with Gasteiger partial charge in [0, 0.05) is 58.8 Å². The molecule has 0 saturated carbocycles. The molecule has 0 radical (unpaired) electrons. The van der Waals surface area contributed by atoms with Crippen LogP contribution >= 0.6 is 11.3 Å². The summed E-state index contributed by atoms with van der Waals surface area (Å²) in [4.78, 5) is 15.6. The third kappa shape index (κ3) is 10.3. The average molecular weight is 1230 g/mol. The van der Waals surface area contributed by atoms with Gasteiger partial charge < -0.3 is 4.42 Å². The van der Waals surface area contributed by atoms with Crippen LogP contribution < -0.4 is 0 Å². The summed E-state index contributed by atoms with van der Waals surface area (Å²) in [5.74, 6) is 0.669. The van der Waals surface area contributed by atoms with Crippen molar-refractivity contribution in [3.63, 3.8) is 0 Å². The molecule has 5 heteroatoms. The van der Waals surface area contributed by atoms with Crippen molar-refractivity contribution in [1.29, 1.82) is 0 Å². The van der Waals surface area contributed by atoms with E-state index in [9.17, 15) is 0 Å². The zero-order chi connectivity index (χ0) is 62.9. The molecule has 0 spiro atoms. The van der Waals surface area contributed by atoms with Crippen LogP contribution in [0.5, 0.6) is 0 Å². The van der Waals surface area contributed by atoms with E-state index in [1.165, 1.54) is 91.8 Å². The summed E-state index contributed by atoms with van der Waals surface area (Å²) in [5, 5.41) is 9.69. The topological polar surface area (TPSA) is 51.8 Å². The quantitative estimate of drug-likeness (QED) is 0.121. The zero-order valence-electron chi connectivity index (χ0n) is 51.8. The van der Waals surface area contributed by atoms with Crippen molar-refractivity contribution in [1.82, 2.24) is 15.0 Å². The van der Waals surface area contributed by atoms with Crippen molar-refractivity contribution < 1.29 is 4.42 Å². The monoisotopic (exact) mass is 1230 g/mol. The van der Waals surface area contributed by atoms with E-state index in [4.69, 9.17) is 19.4 Å². The number of fused-ring (bicyclic) bond motifs is 9. The first-order chi connectivity index (χ1) is 46.9. The van der Waals surface area contributed by atoms with Gasteiger partial charge in [-0.05, 0) is 155 Å². The molecule has 0 atom stereocenters. The number of hydrogen-bond acceptors (Lipinski definition) is 5. The van der Waals surface area contributed by atoms with Gasteiger partial charge in [0.1, 0.15) is 11.2 Å². The zero-order valence-corrected chi connectivity index (χ0v) is 52.7. The summed E-state index contributed by atoms with van der Waals surface area (Å²) in [6.07, 6.45) is 0. The number of nitrogens with zero attached hydrogens (tertiary/aromatic N) is 3. The molecule has 0 N–H and O–H groups in total. The second kappa shape index (κ2) is 23.2. The minimum Gasteiger partial charge on any atom is -0.456 e. The van der Waals surface area contributed by atoms with Gasteiger partial charge in [-0.25, -0.2) is 15.0 Å². The summed E-state index contributed by atoms with van der Waals surface area (Å²) >= 11 is 1.85. The van der Waals surface area contributed by atoms with Gasteiger partial charge in [0.25, 0.3) is 0 Å². The summed E-state index contributed by atoms with van der Waals surface area (Å²) in [6.45, 7) is 2.19. The first-order valence-electron chi connectivity index (χ1n) is 32.3. The Morgan fingerprint density at radius 3 is 1.20 bits per heavy atom. The third-order valence-corrected chi connectivity index (χ3v) is 20.1. The maximum atomic E-state index is 6.67. The summed E-state index contributed by atoms with van der Waals surface area (Å²) in [7, 11) is 0. The maximum Gasteiger partial charge on any atom is 0.160 e. The lowest BCUT2D eigenvalue weighted by atomic mass is 9.94. The fourth-order valence-corrected chi connectivity index (χ4v) is 15.0. The fraction of sp³-hybridized carbons (Fsp3) is 0.0111. The lowest BCUT2D eigenvalue weighted by Crippen LogP contribution is -1.96. The maximum absolute atomic E-state index is 6.67. The highest BCUT2D eigenvalue weighted by atomic mass is 32.1. The molecule has 444 valence electrons. The smallest absolute Gasteiger partial charge is 0.160 e. The lowest BCUT2D eigenvalue weighted by molar-refractivity contribution is 0.669. The Balaban J connectivity index is 0.566. The Morgan fingerprint density at radius 2 is 0.621 bits per heavy atom. The first-order valence-corrected chi connectivity index (χ1v) is 33.1. The Hall–Kier alpha value is -12.2. The molecule has 4 nitrogen and oxygen atoms in total. The number of thiophene rings is 1. The summed E-state index contributed by atoms with van der Waals surface area (Å²) in [5.41, 5.74) is 25.7. The van der Waals surface area contributed by atoms with E-state index in [0.29, 0.717) is 5.82 Å². The SMILES string of the molecule is Cc1c(-c2ccccc2)cc(-c2ccc3c(c2)sc2cc(-c4ccc(-c5ccc(-c6ccc(-c7ccc(-c8cc(-c9ccc%10c(c9)oc9cc(-c%11ccc%12c(ccc%13ccccc%13%12)c%11)ccc9%10)nc(-c9ccccc9)n8)cc7)cc6)cc5)cc4)ccc23)nc1-c1ccccc1. The number of pyridine rings is 1. The molecule has 0 saturated heterocycles. The van der Waals surface area contributed by atoms with Crippen LogP contribution in [0.3, 0.4) is 0 Å². The predicted octanol–water partition coefficient (Wildman–Crippen LogP) is 25.1. The van der Waals surface area contributed by atoms with Crippen LogP contribution in [0.1, 0.15) is 5.56 Å². The average Bonchev–Trinajstić information content (AvgIpc) is 1.74. The highest BCUT2D eigenvalue weighted by Crippen LogP contribution is 2.43. The molecule has 4 aromatic heterocycles. The van der Waals surface area contributed by atoms with Crippen LogP contribution in [0.15, 0.2) is 332 Å². The van der Waals surface area contributed by atoms with Crippen molar-refractivity contribution in [2.24, 2.45) is 0 Å².